The summed E-state index contributed by atoms with van der Waals surface area (Å²) in [4.78, 5) is 0. The van der Waals surface area contributed by atoms with E-state index in [-0.39, 0.29) is 11.9 Å². The number of ether oxygens (including phenoxy) is 2. The number of nitrogens with two attached hydrogens (primary N) is 1. The number of halogens is 1. The molecule has 0 heterocycles. The third kappa shape index (κ3) is 4.70. The Labute approximate surface area is 136 Å². The van der Waals surface area contributed by atoms with E-state index in [1.807, 2.05) is 30.3 Å². The molecule has 122 valence electrons. The second-order valence-electron chi connectivity index (χ2n) is 6.13. The minimum absolute atomic E-state index is 0.217. The normalized spacial score (nSPS) is 20.6. The third-order valence-corrected chi connectivity index (χ3v) is 4.21. The van der Waals surface area contributed by atoms with Crippen molar-refractivity contribution in [2.24, 2.45) is 5.92 Å². The van der Waals surface area contributed by atoms with Crippen molar-refractivity contribution >= 4 is 5.69 Å². The zero-order chi connectivity index (χ0) is 16.1. The van der Waals surface area contributed by atoms with Crippen LogP contribution in [0, 0.1) is 11.7 Å². The monoisotopic (exact) mass is 315 g/mol. The van der Waals surface area contributed by atoms with Crippen LogP contribution >= 0.6 is 0 Å². The average Bonchev–Trinajstić information content (AvgIpc) is 2.99. The lowest BCUT2D eigenvalue weighted by Crippen LogP contribution is -2.12. The van der Waals surface area contributed by atoms with Crippen molar-refractivity contribution in [2.45, 2.75) is 32.0 Å². The topological polar surface area (TPSA) is 44.5 Å². The van der Waals surface area contributed by atoms with Gasteiger partial charge in [0.2, 0.25) is 0 Å². The molecule has 1 saturated carbocycles. The SMILES string of the molecule is Nc1cccc(OC[C@H]2CC[C@H](OCc3cccc(F)c3)C2)c1. The molecular formula is C19H22FNO2. The molecule has 0 spiro atoms. The van der Waals surface area contributed by atoms with Crippen molar-refractivity contribution in [3.05, 3.63) is 59.9 Å². The fourth-order valence-corrected chi connectivity index (χ4v) is 2.99. The maximum atomic E-state index is 13.1. The molecule has 0 amide bonds. The Morgan fingerprint density at radius 1 is 1.09 bits per heavy atom. The van der Waals surface area contributed by atoms with Gasteiger partial charge in [0.15, 0.2) is 0 Å². The summed E-state index contributed by atoms with van der Waals surface area (Å²) in [5.41, 5.74) is 7.34. The molecule has 3 rings (SSSR count). The first kappa shape index (κ1) is 15.8. The molecule has 0 saturated heterocycles. The second kappa shape index (κ2) is 7.47. The average molecular weight is 315 g/mol. The van der Waals surface area contributed by atoms with Crippen molar-refractivity contribution in [2.75, 3.05) is 12.3 Å². The van der Waals surface area contributed by atoms with Gasteiger partial charge in [0.25, 0.3) is 0 Å². The summed E-state index contributed by atoms with van der Waals surface area (Å²) in [6.07, 6.45) is 3.33. The van der Waals surface area contributed by atoms with Gasteiger partial charge in [-0.3, -0.25) is 0 Å². The highest BCUT2D eigenvalue weighted by atomic mass is 19.1. The third-order valence-electron chi connectivity index (χ3n) is 4.21. The summed E-state index contributed by atoms with van der Waals surface area (Å²) in [6, 6.07) is 14.1. The molecule has 0 bridgehead atoms. The number of hydrogen-bond donors (Lipinski definition) is 1. The van der Waals surface area contributed by atoms with E-state index in [0.29, 0.717) is 24.8 Å². The molecule has 23 heavy (non-hydrogen) atoms. The van der Waals surface area contributed by atoms with E-state index in [4.69, 9.17) is 15.2 Å². The fourth-order valence-electron chi connectivity index (χ4n) is 2.99. The lowest BCUT2D eigenvalue weighted by Gasteiger charge is -2.14. The van der Waals surface area contributed by atoms with Gasteiger partial charge in [-0.05, 0) is 55.0 Å². The Morgan fingerprint density at radius 3 is 2.78 bits per heavy atom. The lowest BCUT2D eigenvalue weighted by molar-refractivity contribution is 0.0411. The molecule has 2 N–H and O–H groups in total. The zero-order valence-corrected chi connectivity index (χ0v) is 13.1. The van der Waals surface area contributed by atoms with E-state index >= 15 is 0 Å². The van der Waals surface area contributed by atoms with Crippen LogP contribution in [0.5, 0.6) is 5.75 Å². The highest BCUT2D eigenvalue weighted by Crippen LogP contribution is 2.29. The van der Waals surface area contributed by atoms with Gasteiger partial charge < -0.3 is 15.2 Å². The Morgan fingerprint density at radius 2 is 1.96 bits per heavy atom. The molecule has 2 aromatic carbocycles. The van der Waals surface area contributed by atoms with Gasteiger partial charge in [-0.1, -0.05) is 18.2 Å². The van der Waals surface area contributed by atoms with Crippen LogP contribution in [0.15, 0.2) is 48.5 Å². The number of benzene rings is 2. The summed E-state index contributed by atoms with van der Waals surface area (Å²) < 4.78 is 24.9. The highest BCUT2D eigenvalue weighted by molar-refractivity contribution is 5.43. The van der Waals surface area contributed by atoms with Crippen LogP contribution in [-0.2, 0) is 11.3 Å². The maximum absolute atomic E-state index is 13.1. The molecular weight excluding hydrogens is 293 g/mol. The Balaban J connectivity index is 1.42. The Bertz CT molecular complexity index is 591. The molecule has 3 nitrogen and oxygen atoms in total. The molecule has 0 unspecified atom stereocenters. The van der Waals surface area contributed by atoms with Crippen LogP contribution in [-0.4, -0.2) is 12.7 Å². The van der Waals surface area contributed by atoms with Gasteiger partial charge in [-0.25, -0.2) is 4.39 Å². The highest BCUT2D eigenvalue weighted by Gasteiger charge is 2.25. The van der Waals surface area contributed by atoms with Gasteiger partial charge >= 0.3 is 0 Å². The number of rotatable bonds is 6. The standard InChI is InChI=1S/C19H22FNO2/c20-16-4-1-3-14(9-16)12-23-19-8-7-15(10-19)13-22-18-6-2-5-17(21)11-18/h1-6,9,11,15,19H,7-8,10,12-13,21H2/t15-,19-/m0/s1. The molecule has 2 aromatic rings. The summed E-state index contributed by atoms with van der Waals surface area (Å²) in [5.74, 6) is 1.09. The number of hydrogen-bond acceptors (Lipinski definition) is 3. The molecule has 4 heteroatoms. The molecule has 1 fully saturated rings. The molecule has 0 aromatic heterocycles. The zero-order valence-electron chi connectivity index (χ0n) is 13.1. The van der Waals surface area contributed by atoms with Crippen molar-refractivity contribution in [3.8, 4) is 5.75 Å². The van der Waals surface area contributed by atoms with Crippen molar-refractivity contribution < 1.29 is 13.9 Å². The van der Waals surface area contributed by atoms with E-state index in [1.165, 1.54) is 12.1 Å². The van der Waals surface area contributed by atoms with Crippen LogP contribution in [0.4, 0.5) is 10.1 Å². The Kier molecular flexibility index (Phi) is 5.13. The lowest BCUT2D eigenvalue weighted by atomic mass is 10.1. The van der Waals surface area contributed by atoms with Crippen LogP contribution in [0.1, 0.15) is 24.8 Å². The van der Waals surface area contributed by atoms with E-state index in [9.17, 15) is 4.39 Å². The van der Waals surface area contributed by atoms with Crippen LogP contribution < -0.4 is 10.5 Å². The van der Waals surface area contributed by atoms with E-state index < -0.39 is 0 Å². The maximum Gasteiger partial charge on any atom is 0.123 e. The van der Waals surface area contributed by atoms with Gasteiger partial charge in [-0.15, -0.1) is 0 Å². The fraction of sp³-hybridized carbons (Fsp3) is 0.368. The minimum Gasteiger partial charge on any atom is -0.493 e. The second-order valence-corrected chi connectivity index (χ2v) is 6.13. The first-order valence-electron chi connectivity index (χ1n) is 8.03. The first-order chi connectivity index (χ1) is 11.2. The first-order valence-corrected chi connectivity index (χ1v) is 8.03. The quantitative estimate of drug-likeness (QED) is 0.814. The Hall–Kier alpha value is -2.07. The molecule has 0 radical (unpaired) electrons. The summed E-state index contributed by atoms with van der Waals surface area (Å²) in [5, 5.41) is 0. The van der Waals surface area contributed by atoms with Gasteiger partial charge in [0.1, 0.15) is 11.6 Å². The van der Waals surface area contributed by atoms with E-state index in [1.54, 1.807) is 6.07 Å². The summed E-state index contributed by atoms with van der Waals surface area (Å²) >= 11 is 0. The van der Waals surface area contributed by atoms with Crippen molar-refractivity contribution in [1.82, 2.24) is 0 Å². The van der Waals surface area contributed by atoms with Crippen LogP contribution in [0.25, 0.3) is 0 Å². The predicted molar refractivity (Wildman–Crippen MR) is 88.7 cm³/mol. The summed E-state index contributed by atoms with van der Waals surface area (Å²) in [7, 11) is 0. The smallest absolute Gasteiger partial charge is 0.123 e. The van der Waals surface area contributed by atoms with Gasteiger partial charge in [-0.2, -0.15) is 0 Å². The summed E-state index contributed by atoms with van der Waals surface area (Å²) in [6.45, 7) is 1.15. The van der Waals surface area contributed by atoms with Crippen LogP contribution in [0.3, 0.4) is 0 Å². The number of anilines is 1. The van der Waals surface area contributed by atoms with Crippen molar-refractivity contribution in [3.63, 3.8) is 0 Å². The van der Waals surface area contributed by atoms with E-state index in [2.05, 4.69) is 0 Å². The molecule has 1 aliphatic rings. The van der Waals surface area contributed by atoms with E-state index in [0.717, 1.165) is 30.6 Å². The number of nitrogen functional groups attached to an aromatic ring is 1. The van der Waals surface area contributed by atoms with Gasteiger partial charge in [0.05, 0.1) is 19.3 Å². The van der Waals surface area contributed by atoms with Gasteiger partial charge in [0, 0.05) is 11.8 Å². The van der Waals surface area contributed by atoms with Crippen molar-refractivity contribution in [1.29, 1.82) is 0 Å². The molecule has 0 aliphatic heterocycles. The molecule has 1 aliphatic carbocycles. The largest absolute Gasteiger partial charge is 0.493 e. The minimum atomic E-state index is -0.217. The molecule has 2 atom stereocenters. The predicted octanol–water partition coefficient (Wildman–Crippen LogP) is 4.17. The van der Waals surface area contributed by atoms with Crippen LogP contribution in [0.2, 0.25) is 0 Å².